The molecule has 4 aliphatic rings. The third-order valence-electron chi connectivity index (χ3n) is 8.75. The van der Waals surface area contributed by atoms with Gasteiger partial charge in [-0.2, -0.15) is 0 Å². The summed E-state index contributed by atoms with van der Waals surface area (Å²) in [7, 11) is 0. The summed E-state index contributed by atoms with van der Waals surface area (Å²) in [6, 6.07) is 13.2. The zero-order valence-electron chi connectivity index (χ0n) is 24.6. The third kappa shape index (κ3) is 5.46. The number of ether oxygens (including phenoxy) is 2. The topological polar surface area (TPSA) is 108 Å². The summed E-state index contributed by atoms with van der Waals surface area (Å²) in [5.74, 6) is 0.232. The molecule has 10 heteroatoms. The van der Waals surface area contributed by atoms with Gasteiger partial charge >= 0.3 is 5.97 Å². The van der Waals surface area contributed by atoms with Crippen LogP contribution in [-0.4, -0.2) is 70.6 Å². The Morgan fingerprint density at radius 2 is 1.88 bits per heavy atom. The standard InChI is InChI=1S/C33H36ClN3O6/c1-20-16-21(25-6-4-5-7-27(25)42-19-32(2,3)31(40)41)8-9-24(20)29(38)36-14-10-23(11-15-36)37-26-17-22(34)18-35-28(26)43-33(12-13-33)30(37)39/h4-9,16-17,23,35H,10-15,18-19H2,1-3H3,(H,40,41). The molecule has 0 unspecified atom stereocenters. The van der Waals surface area contributed by atoms with Gasteiger partial charge in [0.1, 0.15) is 18.1 Å². The maximum absolute atomic E-state index is 13.6. The number of benzene rings is 2. The van der Waals surface area contributed by atoms with Gasteiger partial charge in [-0.15, -0.1) is 0 Å². The molecule has 2 aromatic rings. The van der Waals surface area contributed by atoms with Gasteiger partial charge in [0.2, 0.25) is 5.88 Å². The lowest BCUT2D eigenvalue weighted by molar-refractivity contribution is -0.149. The second-order valence-corrected chi connectivity index (χ2v) is 12.9. The van der Waals surface area contributed by atoms with Crippen molar-refractivity contribution in [2.45, 2.75) is 58.1 Å². The smallest absolute Gasteiger partial charge is 0.312 e. The molecular formula is C33H36ClN3O6. The molecule has 226 valence electrons. The number of carboxylic acid groups (broad SMARTS) is 1. The van der Waals surface area contributed by atoms with E-state index in [1.54, 1.807) is 13.8 Å². The summed E-state index contributed by atoms with van der Waals surface area (Å²) >= 11 is 6.32. The Labute approximate surface area is 256 Å². The lowest BCUT2D eigenvalue weighted by Crippen LogP contribution is -2.55. The van der Waals surface area contributed by atoms with Gasteiger partial charge in [-0.3, -0.25) is 14.4 Å². The number of nitrogens with zero attached hydrogens (tertiary/aromatic N) is 2. The Hall–Kier alpha value is -3.98. The predicted molar refractivity (Wildman–Crippen MR) is 161 cm³/mol. The summed E-state index contributed by atoms with van der Waals surface area (Å²) in [5.41, 5.74) is 2.08. The van der Waals surface area contributed by atoms with Gasteiger partial charge in [0, 0.05) is 48.1 Å². The first-order chi connectivity index (χ1) is 20.5. The number of likely N-dealkylation sites (tertiary alicyclic amines) is 1. The second-order valence-electron chi connectivity index (χ2n) is 12.5. The Balaban J connectivity index is 1.15. The molecule has 2 fully saturated rings. The van der Waals surface area contributed by atoms with Crippen LogP contribution in [0.2, 0.25) is 0 Å². The highest BCUT2D eigenvalue weighted by molar-refractivity contribution is 6.30. The van der Waals surface area contributed by atoms with Crippen LogP contribution in [0.4, 0.5) is 0 Å². The van der Waals surface area contributed by atoms with E-state index in [1.807, 2.05) is 65.3 Å². The molecule has 0 bridgehead atoms. The molecule has 1 saturated heterocycles. The Morgan fingerprint density at radius 3 is 2.56 bits per heavy atom. The number of para-hydroxylation sites is 1. The van der Waals surface area contributed by atoms with Crippen molar-refractivity contribution in [3.05, 3.63) is 76.3 Å². The number of nitrogens with one attached hydrogen (secondary N) is 1. The second kappa shape index (κ2) is 10.9. The Morgan fingerprint density at radius 1 is 1.16 bits per heavy atom. The highest BCUT2D eigenvalue weighted by Crippen LogP contribution is 2.48. The number of amides is 2. The van der Waals surface area contributed by atoms with Crippen LogP contribution in [0, 0.1) is 12.3 Å². The van der Waals surface area contributed by atoms with Gasteiger partial charge in [0.05, 0.1) is 12.0 Å². The quantitative estimate of drug-likeness (QED) is 0.455. The van der Waals surface area contributed by atoms with Gasteiger partial charge in [-0.05, 0) is 62.9 Å². The van der Waals surface area contributed by atoms with E-state index in [0.29, 0.717) is 73.2 Å². The van der Waals surface area contributed by atoms with Crippen LogP contribution in [0.25, 0.3) is 11.1 Å². The van der Waals surface area contributed by atoms with E-state index in [1.165, 1.54) is 0 Å². The summed E-state index contributed by atoms with van der Waals surface area (Å²) in [6.45, 7) is 6.75. The molecule has 1 saturated carbocycles. The number of aryl methyl sites for hydroxylation is 1. The molecule has 43 heavy (non-hydrogen) atoms. The van der Waals surface area contributed by atoms with E-state index in [4.69, 9.17) is 21.1 Å². The molecule has 1 aliphatic carbocycles. The fourth-order valence-corrected chi connectivity index (χ4v) is 6.04. The number of carbonyl (C=O) groups is 3. The molecule has 0 radical (unpaired) electrons. The summed E-state index contributed by atoms with van der Waals surface area (Å²) in [6.07, 6.45) is 4.55. The number of carbonyl (C=O) groups excluding carboxylic acids is 2. The minimum Gasteiger partial charge on any atom is -0.492 e. The number of hydrogen-bond donors (Lipinski definition) is 2. The lowest BCUT2D eigenvalue weighted by atomic mass is 9.95. The maximum Gasteiger partial charge on any atom is 0.312 e. The average Bonchev–Trinajstić information content (AvgIpc) is 3.77. The molecule has 1 spiro atoms. The molecule has 2 N–H and O–H groups in total. The monoisotopic (exact) mass is 605 g/mol. The summed E-state index contributed by atoms with van der Waals surface area (Å²) in [5, 5.41) is 13.3. The normalized spacial score (nSPS) is 19.8. The molecule has 3 heterocycles. The van der Waals surface area contributed by atoms with E-state index < -0.39 is 17.0 Å². The number of rotatable bonds is 7. The van der Waals surface area contributed by atoms with Crippen LogP contribution in [0.1, 0.15) is 55.5 Å². The molecule has 2 aromatic carbocycles. The first-order valence-electron chi connectivity index (χ1n) is 14.7. The molecule has 0 aromatic heterocycles. The molecule has 3 aliphatic heterocycles. The number of allylic oxidation sites excluding steroid dienone is 1. The van der Waals surface area contributed by atoms with Gasteiger partial charge in [0.15, 0.2) is 5.60 Å². The number of piperidine rings is 1. The van der Waals surface area contributed by atoms with Gasteiger partial charge in [-0.25, -0.2) is 0 Å². The molecule has 6 rings (SSSR count). The number of aliphatic carboxylic acids is 1. The van der Waals surface area contributed by atoms with E-state index in [2.05, 4.69) is 5.32 Å². The lowest BCUT2D eigenvalue weighted by Gasteiger charge is -2.44. The Bertz CT molecular complexity index is 1550. The van der Waals surface area contributed by atoms with E-state index in [-0.39, 0.29) is 24.5 Å². The largest absolute Gasteiger partial charge is 0.492 e. The molecular weight excluding hydrogens is 570 g/mol. The minimum atomic E-state index is -1.03. The zero-order chi connectivity index (χ0) is 30.5. The van der Waals surface area contributed by atoms with Crippen molar-refractivity contribution in [3.63, 3.8) is 0 Å². The number of hydrogen-bond acceptors (Lipinski definition) is 6. The highest BCUT2D eigenvalue weighted by atomic mass is 35.5. The van der Waals surface area contributed by atoms with Crippen LogP contribution >= 0.6 is 11.6 Å². The van der Waals surface area contributed by atoms with E-state index in [0.717, 1.165) is 16.7 Å². The molecule has 0 atom stereocenters. The first-order valence-corrected chi connectivity index (χ1v) is 15.1. The van der Waals surface area contributed by atoms with Crippen LogP contribution in [0.15, 0.2) is 65.2 Å². The maximum atomic E-state index is 13.6. The molecule has 9 nitrogen and oxygen atoms in total. The van der Waals surface area contributed by atoms with Crippen molar-refractivity contribution >= 4 is 29.4 Å². The van der Waals surface area contributed by atoms with Crippen molar-refractivity contribution in [2.75, 3.05) is 26.2 Å². The van der Waals surface area contributed by atoms with Crippen LogP contribution in [-0.2, 0) is 14.3 Å². The van der Waals surface area contributed by atoms with Gasteiger partial charge in [0.25, 0.3) is 11.8 Å². The van der Waals surface area contributed by atoms with Crippen LogP contribution in [0.5, 0.6) is 5.75 Å². The average molecular weight is 606 g/mol. The summed E-state index contributed by atoms with van der Waals surface area (Å²) in [4.78, 5) is 42.4. The van der Waals surface area contributed by atoms with Crippen molar-refractivity contribution in [3.8, 4) is 16.9 Å². The predicted octanol–water partition coefficient (Wildman–Crippen LogP) is 5.04. The van der Waals surface area contributed by atoms with Crippen molar-refractivity contribution in [2.24, 2.45) is 5.41 Å². The van der Waals surface area contributed by atoms with Gasteiger partial charge in [-0.1, -0.05) is 41.9 Å². The third-order valence-corrected chi connectivity index (χ3v) is 9.00. The van der Waals surface area contributed by atoms with E-state index in [9.17, 15) is 19.5 Å². The zero-order valence-corrected chi connectivity index (χ0v) is 25.4. The first kappa shape index (κ1) is 29.1. The van der Waals surface area contributed by atoms with Crippen LogP contribution < -0.4 is 10.1 Å². The van der Waals surface area contributed by atoms with Crippen molar-refractivity contribution < 1.29 is 29.0 Å². The SMILES string of the molecule is Cc1cc(-c2ccccc2OCC(C)(C)C(=O)O)ccc1C(=O)N1CCC(N2C(=O)C3(CC3)OC3=C2C=C(Cl)CN3)CC1. The van der Waals surface area contributed by atoms with Gasteiger partial charge < -0.3 is 29.7 Å². The van der Waals surface area contributed by atoms with Crippen molar-refractivity contribution in [1.82, 2.24) is 15.1 Å². The number of dihydropyridines is 1. The highest BCUT2D eigenvalue weighted by Gasteiger charge is 2.59. The fraction of sp³-hybridized carbons (Fsp3) is 0.424. The molecule has 2 amide bonds. The fourth-order valence-electron chi connectivity index (χ4n) is 5.87. The van der Waals surface area contributed by atoms with Crippen molar-refractivity contribution in [1.29, 1.82) is 0 Å². The number of carboxylic acids is 1. The van der Waals surface area contributed by atoms with Crippen LogP contribution in [0.3, 0.4) is 0 Å². The Kier molecular flexibility index (Phi) is 7.40. The summed E-state index contributed by atoms with van der Waals surface area (Å²) < 4.78 is 12.0. The number of halogens is 1. The van der Waals surface area contributed by atoms with E-state index >= 15 is 0 Å². The minimum absolute atomic E-state index is 0.0114.